The van der Waals surface area contributed by atoms with Gasteiger partial charge in [-0.1, -0.05) is 36.4 Å². The first-order valence-corrected chi connectivity index (χ1v) is 7.90. The van der Waals surface area contributed by atoms with E-state index in [9.17, 15) is 0 Å². The molecular formula is C20H19N3O2. The normalized spacial score (nSPS) is 10.6. The summed E-state index contributed by atoms with van der Waals surface area (Å²) in [6, 6.07) is 21.3. The average Bonchev–Trinajstić information content (AvgIpc) is 2.68. The maximum atomic E-state index is 5.85. The number of hydrogen-bond donors (Lipinski definition) is 1. The number of aromatic nitrogens is 1. The van der Waals surface area contributed by atoms with Gasteiger partial charge in [-0.3, -0.25) is 5.43 Å². The molecule has 0 fully saturated rings. The Morgan fingerprint density at radius 3 is 2.60 bits per heavy atom. The van der Waals surface area contributed by atoms with Crippen molar-refractivity contribution in [2.45, 2.75) is 6.61 Å². The monoisotopic (exact) mass is 333 g/mol. The van der Waals surface area contributed by atoms with E-state index < -0.39 is 0 Å². The van der Waals surface area contributed by atoms with Gasteiger partial charge in [0, 0.05) is 6.20 Å². The van der Waals surface area contributed by atoms with E-state index in [0.717, 1.165) is 11.1 Å². The molecule has 25 heavy (non-hydrogen) atoms. The number of anilines is 1. The van der Waals surface area contributed by atoms with Crippen LogP contribution in [0.1, 0.15) is 11.1 Å². The molecule has 1 N–H and O–H groups in total. The molecule has 1 heterocycles. The number of methoxy groups -OCH3 is 1. The van der Waals surface area contributed by atoms with Crippen LogP contribution < -0.4 is 14.9 Å². The van der Waals surface area contributed by atoms with Crippen LogP contribution in [0.3, 0.4) is 0 Å². The van der Waals surface area contributed by atoms with Gasteiger partial charge in [0.1, 0.15) is 12.4 Å². The van der Waals surface area contributed by atoms with Crippen LogP contribution in [0.2, 0.25) is 0 Å². The number of ether oxygens (including phenoxy) is 2. The summed E-state index contributed by atoms with van der Waals surface area (Å²) >= 11 is 0. The van der Waals surface area contributed by atoms with Gasteiger partial charge in [0.15, 0.2) is 11.5 Å². The molecule has 0 atom stereocenters. The first kappa shape index (κ1) is 16.5. The van der Waals surface area contributed by atoms with E-state index in [1.54, 1.807) is 19.5 Å². The Balaban J connectivity index is 1.64. The molecule has 3 aromatic rings. The summed E-state index contributed by atoms with van der Waals surface area (Å²) in [7, 11) is 1.62. The minimum Gasteiger partial charge on any atom is -0.493 e. The Morgan fingerprint density at radius 2 is 1.84 bits per heavy atom. The SMILES string of the molecule is COc1cc(/C=N/Nc2ccccn2)ccc1OCc1ccccc1. The molecule has 0 spiro atoms. The minimum absolute atomic E-state index is 0.492. The minimum atomic E-state index is 0.492. The number of pyridine rings is 1. The molecule has 0 bridgehead atoms. The second-order valence-electron chi connectivity index (χ2n) is 5.27. The zero-order chi connectivity index (χ0) is 17.3. The molecular weight excluding hydrogens is 314 g/mol. The highest BCUT2D eigenvalue weighted by Crippen LogP contribution is 2.28. The van der Waals surface area contributed by atoms with E-state index in [4.69, 9.17) is 9.47 Å². The Hall–Kier alpha value is -3.34. The first-order chi connectivity index (χ1) is 12.3. The van der Waals surface area contributed by atoms with Crippen LogP contribution in [0.4, 0.5) is 5.82 Å². The number of nitrogens with one attached hydrogen (secondary N) is 1. The second-order valence-corrected chi connectivity index (χ2v) is 5.27. The Morgan fingerprint density at radius 1 is 1.00 bits per heavy atom. The van der Waals surface area contributed by atoms with E-state index in [2.05, 4.69) is 15.5 Å². The van der Waals surface area contributed by atoms with Gasteiger partial charge in [0.25, 0.3) is 0 Å². The van der Waals surface area contributed by atoms with Gasteiger partial charge in [-0.05, 0) is 41.5 Å². The predicted molar refractivity (Wildman–Crippen MR) is 99.2 cm³/mol. The van der Waals surface area contributed by atoms with Crippen molar-refractivity contribution in [3.05, 3.63) is 84.1 Å². The van der Waals surface area contributed by atoms with E-state index in [1.165, 1.54) is 0 Å². The summed E-state index contributed by atoms with van der Waals surface area (Å²) < 4.78 is 11.3. The maximum absolute atomic E-state index is 5.85. The first-order valence-electron chi connectivity index (χ1n) is 7.90. The fraction of sp³-hybridized carbons (Fsp3) is 0.100. The van der Waals surface area contributed by atoms with Gasteiger partial charge in [-0.15, -0.1) is 0 Å². The van der Waals surface area contributed by atoms with E-state index in [1.807, 2.05) is 66.7 Å². The van der Waals surface area contributed by atoms with E-state index in [0.29, 0.717) is 23.9 Å². The summed E-state index contributed by atoms with van der Waals surface area (Å²) in [6.45, 7) is 0.492. The molecule has 0 unspecified atom stereocenters. The molecule has 3 rings (SSSR count). The molecule has 0 radical (unpaired) electrons. The lowest BCUT2D eigenvalue weighted by Crippen LogP contribution is -1.98. The Labute approximate surface area is 147 Å². The number of nitrogens with zero attached hydrogens (tertiary/aromatic N) is 2. The average molecular weight is 333 g/mol. The number of hydrazone groups is 1. The number of benzene rings is 2. The quantitative estimate of drug-likeness (QED) is 0.522. The fourth-order valence-electron chi connectivity index (χ4n) is 2.22. The largest absolute Gasteiger partial charge is 0.493 e. The zero-order valence-corrected chi connectivity index (χ0v) is 13.9. The molecule has 5 nitrogen and oxygen atoms in total. The van der Waals surface area contributed by atoms with Crippen LogP contribution in [0.25, 0.3) is 0 Å². The highest BCUT2D eigenvalue weighted by molar-refractivity contribution is 5.81. The van der Waals surface area contributed by atoms with Crippen LogP contribution in [-0.4, -0.2) is 18.3 Å². The van der Waals surface area contributed by atoms with Crippen molar-refractivity contribution in [1.29, 1.82) is 0 Å². The van der Waals surface area contributed by atoms with Crippen LogP contribution in [0.15, 0.2) is 78.0 Å². The van der Waals surface area contributed by atoms with Crippen LogP contribution in [-0.2, 0) is 6.61 Å². The molecule has 1 aromatic heterocycles. The van der Waals surface area contributed by atoms with Gasteiger partial charge in [-0.2, -0.15) is 5.10 Å². The summed E-state index contributed by atoms with van der Waals surface area (Å²) in [5, 5.41) is 4.18. The van der Waals surface area contributed by atoms with Gasteiger partial charge in [0.2, 0.25) is 0 Å². The Kier molecular flexibility index (Phi) is 5.61. The van der Waals surface area contributed by atoms with E-state index in [-0.39, 0.29) is 0 Å². The molecule has 5 heteroatoms. The van der Waals surface area contributed by atoms with E-state index >= 15 is 0 Å². The molecule has 0 saturated heterocycles. The molecule has 2 aromatic carbocycles. The van der Waals surface area contributed by atoms with Crippen molar-refractivity contribution in [2.75, 3.05) is 12.5 Å². The number of rotatable bonds is 7. The fourth-order valence-corrected chi connectivity index (χ4v) is 2.22. The predicted octanol–water partition coefficient (Wildman–Crippen LogP) is 4.12. The summed E-state index contributed by atoms with van der Waals surface area (Å²) in [5.74, 6) is 2.05. The molecule has 0 aliphatic heterocycles. The van der Waals surface area contributed by atoms with Gasteiger partial charge < -0.3 is 9.47 Å². The summed E-state index contributed by atoms with van der Waals surface area (Å²) in [5.41, 5.74) is 4.88. The van der Waals surface area contributed by atoms with Crippen LogP contribution in [0.5, 0.6) is 11.5 Å². The topological polar surface area (TPSA) is 55.7 Å². The highest BCUT2D eigenvalue weighted by Gasteiger charge is 2.05. The summed E-state index contributed by atoms with van der Waals surface area (Å²) in [6.07, 6.45) is 3.41. The van der Waals surface area contributed by atoms with Crippen molar-refractivity contribution in [1.82, 2.24) is 4.98 Å². The highest BCUT2D eigenvalue weighted by atomic mass is 16.5. The third kappa shape index (κ3) is 4.81. The molecule has 0 saturated carbocycles. The van der Waals surface area contributed by atoms with Gasteiger partial charge >= 0.3 is 0 Å². The molecule has 126 valence electrons. The lowest BCUT2D eigenvalue weighted by molar-refractivity contribution is 0.284. The number of hydrogen-bond acceptors (Lipinski definition) is 5. The summed E-state index contributed by atoms with van der Waals surface area (Å²) in [4.78, 5) is 4.14. The Bertz CT molecular complexity index is 821. The van der Waals surface area contributed by atoms with Crippen molar-refractivity contribution in [3.8, 4) is 11.5 Å². The third-order valence-electron chi connectivity index (χ3n) is 3.48. The van der Waals surface area contributed by atoms with Crippen molar-refractivity contribution < 1.29 is 9.47 Å². The third-order valence-corrected chi connectivity index (χ3v) is 3.48. The second kappa shape index (κ2) is 8.49. The van der Waals surface area contributed by atoms with Crippen molar-refractivity contribution in [2.24, 2.45) is 5.10 Å². The van der Waals surface area contributed by atoms with Gasteiger partial charge in [0.05, 0.1) is 13.3 Å². The smallest absolute Gasteiger partial charge is 0.161 e. The van der Waals surface area contributed by atoms with Crippen LogP contribution in [0, 0.1) is 0 Å². The maximum Gasteiger partial charge on any atom is 0.161 e. The standard InChI is InChI=1S/C20H19N3O2/c1-24-19-13-17(14-22-23-20-9-5-6-12-21-20)10-11-18(19)25-15-16-7-3-2-4-8-16/h2-14H,15H2,1H3,(H,21,23)/b22-14+. The van der Waals surface area contributed by atoms with Gasteiger partial charge in [-0.25, -0.2) is 4.98 Å². The zero-order valence-electron chi connectivity index (χ0n) is 13.9. The van der Waals surface area contributed by atoms with Crippen molar-refractivity contribution in [3.63, 3.8) is 0 Å². The molecule has 0 aliphatic carbocycles. The van der Waals surface area contributed by atoms with Crippen LogP contribution >= 0.6 is 0 Å². The lowest BCUT2D eigenvalue weighted by Gasteiger charge is -2.11. The van der Waals surface area contributed by atoms with Crippen molar-refractivity contribution >= 4 is 12.0 Å². The molecule has 0 aliphatic rings. The lowest BCUT2D eigenvalue weighted by atomic mass is 10.2. The molecule has 0 amide bonds.